The smallest absolute Gasteiger partial charge is 0.280 e. The van der Waals surface area contributed by atoms with Crippen molar-refractivity contribution in [3.05, 3.63) is 29.5 Å². The molecule has 2 nitrogen and oxygen atoms in total. The lowest BCUT2D eigenvalue weighted by atomic mass is 10.1. The molecule has 0 amide bonds. The summed E-state index contributed by atoms with van der Waals surface area (Å²) in [6, 6.07) is 3.86. The molecule has 0 aliphatic rings. The van der Waals surface area contributed by atoms with Gasteiger partial charge in [-0.15, -0.1) is 11.6 Å². The maximum Gasteiger partial charge on any atom is 0.417 e. The fourth-order valence-corrected chi connectivity index (χ4v) is 1.66. The van der Waals surface area contributed by atoms with Crippen LogP contribution in [0.2, 0.25) is 0 Å². The lowest BCUT2D eigenvalue weighted by molar-refractivity contribution is -0.136. The monoisotopic (exact) mass is 234 g/mol. The van der Waals surface area contributed by atoms with E-state index in [1.54, 1.807) is 0 Å². The Morgan fingerprint density at radius 2 is 2.07 bits per heavy atom. The van der Waals surface area contributed by atoms with Gasteiger partial charge >= 0.3 is 6.18 Å². The van der Waals surface area contributed by atoms with E-state index in [9.17, 15) is 13.2 Å². The molecule has 0 unspecified atom stereocenters. The normalized spacial score (nSPS) is 12.3. The van der Waals surface area contributed by atoms with Crippen LogP contribution < -0.4 is 0 Å². The SMILES string of the molecule is FC(F)(F)c1cccc2n[nH]c(CCl)c12. The highest BCUT2D eigenvalue weighted by atomic mass is 35.5. The van der Waals surface area contributed by atoms with Crippen molar-refractivity contribution >= 4 is 22.5 Å². The van der Waals surface area contributed by atoms with E-state index >= 15 is 0 Å². The molecule has 6 heteroatoms. The van der Waals surface area contributed by atoms with Gasteiger partial charge in [0, 0.05) is 5.39 Å². The van der Waals surface area contributed by atoms with Crippen LogP contribution >= 0.6 is 11.6 Å². The number of fused-ring (bicyclic) bond motifs is 1. The molecule has 0 bridgehead atoms. The first-order valence-corrected chi connectivity index (χ1v) is 4.66. The third kappa shape index (κ3) is 1.67. The van der Waals surface area contributed by atoms with Crippen molar-refractivity contribution in [1.29, 1.82) is 0 Å². The Bertz CT molecular complexity index is 490. The molecule has 15 heavy (non-hydrogen) atoms. The van der Waals surface area contributed by atoms with Crippen LogP contribution in [0.4, 0.5) is 13.2 Å². The molecular formula is C9H6ClF3N2. The summed E-state index contributed by atoms with van der Waals surface area (Å²) in [6.07, 6.45) is -4.38. The number of benzene rings is 1. The number of hydrogen-bond acceptors (Lipinski definition) is 1. The van der Waals surface area contributed by atoms with Gasteiger partial charge in [0.05, 0.1) is 22.7 Å². The molecule has 0 atom stereocenters. The van der Waals surface area contributed by atoms with E-state index in [1.807, 2.05) is 0 Å². The third-order valence-corrected chi connectivity index (χ3v) is 2.36. The summed E-state index contributed by atoms with van der Waals surface area (Å²) < 4.78 is 37.9. The lowest BCUT2D eigenvalue weighted by Crippen LogP contribution is -2.05. The number of rotatable bonds is 1. The molecule has 0 spiro atoms. The zero-order chi connectivity index (χ0) is 11.1. The molecule has 1 heterocycles. The van der Waals surface area contributed by atoms with E-state index in [4.69, 9.17) is 11.6 Å². The summed E-state index contributed by atoms with van der Waals surface area (Å²) in [5, 5.41) is 6.30. The molecule has 0 saturated carbocycles. The van der Waals surface area contributed by atoms with Gasteiger partial charge in [-0.25, -0.2) is 0 Å². The van der Waals surface area contributed by atoms with Crippen molar-refractivity contribution in [2.45, 2.75) is 12.1 Å². The van der Waals surface area contributed by atoms with Gasteiger partial charge in [-0.2, -0.15) is 18.3 Å². The average Bonchev–Trinajstić information content (AvgIpc) is 2.58. The molecule has 1 aromatic carbocycles. The van der Waals surface area contributed by atoms with Gasteiger partial charge in [0.25, 0.3) is 0 Å². The van der Waals surface area contributed by atoms with Gasteiger partial charge < -0.3 is 0 Å². The van der Waals surface area contributed by atoms with Gasteiger partial charge in [-0.05, 0) is 12.1 Å². The van der Waals surface area contributed by atoms with E-state index in [0.717, 1.165) is 6.07 Å². The fourth-order valence-electron chi connectivity index (χ4n) is 1.47. The summed E-state index contributed by atoms with van der Waals surface area (Å²) >= 11 is 5.53. The van der Waals surface area contributed by atoms with Crippen LogP contribution in [0.3, 0.4) is 0 Å². The van der Waals surface area contributed by atoms with E-state index in [2.05, 4.69) is 10.2 Å². The number of halogens is 4. The Morgan fingerprint density at radius 1 is 1.33 bits per heavy atom. The molecule has 0 aliphatic heterocycles. The number of aromatic nitrogens is 2. The van der Waals surface area contributed by atoms with E-state index in [0.29, 0.717) is 5.69 Å². The summed E-state index contributed by atoms with van der Waals surface area (Å²) in [5.41, 5.74) is -0.135. The maximum absolute atomic E-state index is 12.6. The van der Waals surface area contributed by atoms with Crippen molar-refractivity contribution in [2.75, 3.05) is 0 Å². The fraction of sp³-hybridized carbons (Fsp3) is 0.222. The Hall–Kier alpha value is -1.23. The second kappa shape index (κ2) is 3.41. The number of alkyl halides is 4. The number of nitrogens with one attached hydrogen (secondary N) is 1. The minimum Gasteiger partial charge on any atom is -0.280 e. The van der Waals surface area contributed by atoms with Crippen molar-refractivity contribution in [3.8, 4) is 0 Å². The van der Waals surface area contributed by atoms with Crippen LogP contribution in [-0.4, -0.2) is 10.2 Å². The molecule has 0 saturated heterocycles. The first-order valence-electron chi connectivity index (χ1n) is 4.13. The number of hydrogen-bond donors (Lipinski definition) is 1. The van der Waals surface area contributed by atoms with Crippen molar-refractivity contribution in [1.82, 2.24) is 10.2 Å². The van der Waals surface area contributed by atoms with E-state index in [1.165, 1.54) is 12.1 Å². The van der Waals surface area contributed by atoms with Crippen LogP contribution in [0.1, 0.15) is 11.3 Å². The van der Waals surface area contributed by atoms with Gasteiger partial charge in [-0.3, -0.25) is 5.10 Å². The van der Waals surface area contributed by atoms with Crippen molar-refractivity contribution in [3.63, 3.8) is 0 Å². The Kier molecular flexibility index (Phi) is 2.34. The van der Waals surface area contributed by atoms with Crippen LogP contribution in [0, 0.1) is 0 Å². The first-order chi connectivity index (χ1) is 7.04. The quantitative estimate of drug-likeness (QED) is 0.754. The third-order valence-electron chi connectivity index (χ3n) is 2.09. The van der Waals surface area contributed by atoms with Gasteiger partial charge in [-0.1, -0.05) is 6.07 Å². The van der Waals surface area contributed by atoms with E-state index in [-0.39, 0.29) is 16.8 Å². The highest BCUT2D eigenvalue weighted by Gasteiger charge is 2.33. The molecule has 0 fully saturated rings. The molecule has 1 aromatic heterocycles. The molecule has 0 aliphatic carbocycles. The first kappa shape index (κ1) is 10.3. The largest absolute Gasteiger partial charge is 0.417 e. The minimum absolute atomic E-state index is 0.0242. The Balaban J connectivity index is 2.78. The molecule has 1 N–H and O–H groups in total. The minimum atomic E-state index is -4.38. The zero-order valence-corrected chi connectivity index (χ0v) is 8.15. The molecule has 80 valence electrons. The van der Waals surface area contributed by atoms with Crippen LogP contribution in [-0.2, 0) is 12.1 Å². The number of aromatic amines is 1. The molecular weight excluding hydrogens is 229 g/mol. The van der Waals surface area contributed by atoms with Gasteiger partial charge in [0.15, 0.2) is 0 Å². The number of nitrogens with zero attached hydrogens (tertiary/aromatic N) is 1. The number of H-pyrrole nitrogens is 1. The predicted octanol–water partition coefficient (Wildman–Crippen LogP) is 3.32. The highest BCUT2D eigenvalue weighted by molar-refractivity contribution is 6.17. The summed E-state index contributed by atoms with van der Waals surface area (Å²) in [5.74, 6) is -0.0242. The summed E-state index contributed by atoms with van der Waals surface area (Å²) in [6.45, 7) is 0. The van der Waals surface area contributed by atoms with Crippen LogP contribution in [0.15, 0.2) is 18.2 Å². The summed E-state index contributed by atoms with van der Waals surface area (Å²) in [7, 11) is 0. The molecule has 0 radical (unpaired) electrons. The highest BCUT2D eigenvalue weighted by Crippen LogP contribution is 2.35. The standard InChI is InChI=1S/C9H6ClF3N2/c10-4-7-8-5(9(11,12)13)2-1-3-6(8)14-15-7/h1-3H,4H2,(H,14,15). The second-order valence-electron chi connectivity index (χ2n) is 3.03. The molecule has 2 aromatic rings. The zero-order valence-electron chi connectivity index (χ0n) is 7.40. The van der Waals surface area contributed by atoms with Gasteiger partial charge in [0.1, 0.15) is 0 Å². The Labute approximate surface area is 88.0 Å². The molecule has 2 rings (SSSR count). The predicted molar refractivity (Wildman–Crippen MR) is 50.7 cm³/mol. The van der Waals surface area contributed by atoms with Gasteiger partial charge in [0.2, 0.25) is 0 Å². The van der Waals surface area contributed by atoms with E-state index < -0.39 is 11.7 Å². The van der Waals surface area contributed by atoms with Crippen LogP contribution in [0.5, 0.6) is 0 Å². The van der Waals surface area contributed by atoms with Crippen LogP contribution in [0.25, 0.3) is 10.9 Å². The topological polar surface area (TPSA) is 28.7 Å². The van der Waals surface area contributed by atoms with Crippen molar-refractivity contribution < 1.29 is 13.2 Å². The summed E-state index contributed by atoms with van der Waals surface area (Å²) in [4.78, 5) is 0. The van der Waals surface area contributed by atoms with Crippen molar-refractivity contribution in [2.24, 2.45) is 0 Å². The maximum atomic E-state index is 12.6. The lowest BCUT2D eigenvalue weighted by Gasteiger charge is -2.07. The Morgan fingerprint density at radius 3 is 2.67 bits per heavy atom. The second-order valence-corrected chi connectivity index (χ2v) is 3.30. The average molecular weight is 235 g/mol.